The van der Waals surface area contributed by atoms with E-state index in [1.807, 2.05) is 12.3 Å². The lowest BCUT2D eigenvalue weighted by Crippen LogP contribution is -2.44. The van der Waals surface area contributed by atoms with Crippen molar-refractivity contribution in [2.45, 2.75) is 50.4 Å². The van der Waals surface area contributed by atoms with E-state index < -0.39 is 0 Å². The number of aromatic nitrogens is 1. The lowest BCUT2D eigenvalue weighted by atomic mass is 9.99. The summed E-state index contributed by atoms with van der Waals surface area (Å²) in [6, 6.07) is 6.62. The van der Waals surface area contributed by atoms with Gasteiger partial charge in [0, 0.05) is 32.6 Å². The zero-order valence-electron chi connectivity index (χ0n) is 14.3. The third-order valence-corrected chi connectivity index (χ3v) is 5.58. The second kappa shape index (κ2) is 7.81. The van der Waals surface area contributed by atoms with Crippen LogP contribution < -0.4 is 4.90 Å². The lowest BCUT2D eigenvalue weighted by Gasteiger charge is -2.36. The number of ether oxygens (including phenoxy) is 3. The molecule has 0 saturated carbocycles. The van der Waals surface area contributed by atoms with Crippen molar-refractivity contribution >= 4 is 5.82 Å². The number of rotatable bonds is 5. The van der Waals surface area contributed by atoms with Gasteiger partial charge in [-0.15, -0.1) is 0 Å². The summed E-state index contributed by atoms with van der Waals surface area (Å²) in [5.41, 5.74) is 0. The van der Waals surface area contributed by atoms with Crippen LogP contribution >= 0.6 is 0 Å². The fraction of sp³-hybridized carbons (Fsp3) is 0.737. The van der Waals surface area contributed by atoms with Gasteiger partial charge in [0.05, 0.1) is 24.9 Å². The topological polar surface area (TPSA) is 43.8 Å². The molecular formula is C19H28N2O3. The predicted octanol–water partition coefficient (Wildman–Crippen LogP) is 2.65. The minimum atomic E-state index is 0.259. The SMILES string of the molecule is c1ccc(N2CC[C@@H]3O[C@H](COCC4CCOCC4)CC[C@@H]32)nc1. The van der Waals surface area contributed by atoms with Gasteiger partial charge in [0.25, 0.3) is 0 Å². The number of hydrogen-bond acceptors (Lipinski definition) is 5. The third-order valence-electron chi connectivity index (χ3n) is 5.58. The molecule has 3 saturated heterocycles. The normalized spacial score (nSPS) is 31.2. The number of hydrogen-bond donors (Lipinski definition) is 0. The van der Waals surface area contributed by atoms with Crippen molar-refractivity contribution in [3.63, 3.8) is 0 Å². The van der Waals surface area contributed by atoms with Crippen molar-refractivity contribution in [1.29, 1.82) is 0 Å². The molecule has 132 valence electrons. The predicted molar refractivity (Wildman–Crippen MR) is 92.2 cm³/mol. The van der Waals surface area contributed by atoms with E-state index in [2.05, 4.69) is 22.0 Å². The highest BCUT2D eigenvalue weighted by molar-refractivity contribution is 5.41. The Balaban J connectivity index is 1.24. The molecule has 3 aliphatic rings. The summed E-state index contributed by atoms with van der Waals surface area (Å²) in [5.74, 6) is 1.75. The largest absolute Gasteiger partial charge is 0.381 e. The van der Waals surface area contributed by atoms with Crippen molar-refractivity contribution < 1.29 is 14.2 Å². The second-order valence-electron chi connectivity index (χ2n) is 7.20. The summed E-state index contributed by atoms with van der Waals surface area (Å²) in [7, 11) is 0. The van der Waals surface area contributed by atoms with Crippen LogP contribution in [0.1, 0.15) is 32.1 Å². The van der Waals surface area contributed by atoms with Gasteiger partial charge in [-0.3, -0.25) is 0 Å². The Morgan fingerprint density at radius 2 is 2.00 bits per heavy atom. The van der Waals surface area contributed by atoms with Crippen LogP contribution in [0.4, 0.5) is 5.82 Å². The van der Waals surface area contributed by atoms with E-state index in [9.17, 15) is 0 Å². The fourth-order valence-electron chi connectivity index (χ4n) is 4.21. The number of anilines is 1. The minimum absolute atomic E-state index is 0.259. The first kappa shape index (κ1) is 16.3. The van der Waals surface area contributed by atoms with Gasteiger partial charge in [-0.25, -0.2) is 4.98 Å². The first-order valence-corrected chi connectivity index (χ1v) is 9.39. The minimum Gasteiger partial charge on any atom is -0.381 e. The van der Waals surface area contributed by atoms with Crippen molar-refractivity contribution in [3.05, 3.63) is 24.4 Å². The van der Waals surface area contributed by atoms with Crippen molar-refractivity contribution in [2.75, 3.05) is 37.9 Å². The maximum atomic E-state index is 6.33. The Labute approximate surface area is 144 Å². The number of nitrogens with zero attached hydrogens (tertiary/aromatic N) is 2. The Kier molecular flexibility index (Phi) is 5.30. The molecule has 0 N–H and O–H groups in total. The quantitative estimate of drug-likeness (QED) is 0.829. The van der Waals surface area contributed by atoms with E-state index in [0.717, 1.165) is 64.5 Å². The van der Waals surface area contributed by atoms with Gasteiger partial charge in [-0.05, 0) is 50.2 Å². The molecule has 3 aliphatic heterocycles. The Morgan fingerprint density at radius 3 is 2.83 bits per heavy atom. The fourth-order valence-corrected chi connectivity index (χ4v) is 4.21. The molecule has 5 nitrogen and oxygen atoms in total. The summed E-state index contributed by atoms with van der Waals surface area (Å²) < 4.78 is 17.7. The lowest BCUT2D eigenvalue weighted by molar-refractivity contribution is -0.0931. The number of pyridine rings is 1. The zero-order chi connectivity index (χ0) is 16.2. The van der Waals surface area contributed by atoms with E-state index in [0.29, 0.717) is 18.1 Å². The van der Waals surface area contributed by atoms with Crippen LogP contribution in [-0.2, 0) is 14.2 Å². The molecule has 0 aromatic carbocycles. The van der Waals surface area contributed by atoms with Gasteiger partial charge in [-0.1, -0.05) is 6.07 Å². The summed E-state index contributed by atoms with van der Waals surface area (Å²) in [6.07, 6.45) is 8.08. The number of fused-ring (bicyclic) bond motifs is 1. The van der Waals surface area contributed by atoms with Gasteiger partial charge >= 0.3 is 0 Å². The summed E-state index contributed by atoms with van der Waals surface area (Å²) in [5, 5.41) is 0. The smallest absolute Gasteiger partial charge is 0.128 e. The molecule has 5 heteroatoms. The van der Waals surface area contributed by atoms with Crippen molar-refractivity contribution in [2.24, 2.45) is 5.92 Å². The van der Waals surface area contributed by atoms with Crippen LogP contribution in [0.5, 0.6) is 0 Å². The first-order chi connectivity index (χ1) is 11.9. The monoisotopic (exact) mass is 332 g/mol. The Hall–Kier alpha value is -1.17. The molecule has 3 atom stereocenters. The first-order valence-electron chi connectivity index (χ1n) is 9.39. The molecule has 0 bridgehead atoms. The molecule has 0 spiro atoms. The molecular weight excluding hydrogens is 304 g/mol. The highest BCUT2D eigenvalue weighted by Crippen LogP contribution is 2.34. The van der Waals surface area contributed by atoms with Gasteiger partial charge < -0.3 is 19.1 Å². The second-order valence-corrected chi connectivity index (χ2v) is 7.20. The maximum absolute atomic E-state index is 6.33. The van der Waals surface area contributed by atoms with Crippen LogP contribution in [0.2, 0.25) is 0 Å². The maximum Gasteiger partial charge on any atom is 0.128 e. The molecule has 0 unspecified atom stereocenters. The molecule has 0 aliphatic carbocycles. The van der Waals surface area contributed by atoms with Crippen molar-refractivity contribution in [1.82, 2.24) is 4.98 Å². The van der Waals surface area contributed by atoms with Crippen molar-refractivity contribution in [3.8, 4) is 0 Å². The third kappa shape index (κ3) is 3.73. The average Bonchev–Trinajstić information content (AvgIpc) is 3.07. The highest BCUT2D eigenvalue weighted by atomic mass is 16.5. The Bertz CT molecular complexity index is 507. The molecule has 24 heavy (non-hydrogen) atoms. The molecule has 0 amide bonds. The molecule has 1 aromatic rings. The summed E-state index contributed by atoms with van der Waals surface area (Å²) >= 11 is 0. The van der Waals surface area contributed by atoms with E-state index in [1.54, 1.807) is 0 Å². The van der Waals surface area contributed by atoms with Gasteiger partial charge in [-0.2, -0.15) is 0 Å². The highest BCUT2D eigenvalue weighted by Gasteiger charge is 2.40. The van der Waals surface area contributed by atoms with Crippen LogP contribution in [0, 0.1) is 5.92 Å². The summed E-state index contributed by atoms with van der Waals surface area (Å²) in [6.45, 7) is 4.42. The van der Waals surface area contributed by atoms with E-state index in [4.69, 9.17) is 14.2 Å². The van der Waals surface area contributed by atoms with Crippen LogP contribution in [0.3, 0.4) is 0 Å². The molecule has 3 fully saturated rings. The van der Waals surface area contributed by atoms with Crippen LogP contribution in [0.25, 0.3) is 0 Å². The zero-order valence-corrected chi connectivity index (χ0v) is 14.3. The molecule has 4 rings (SSSR count). The molecule has 4 heterocycles. The Morgan fingerprint density at radius 1 is 1.08 bits per heavy atom. The van der Waals surface area contributed by atoms with Crippen LogP contribution in [-0.4, -0.2) is 56.2 Å². The van der Waals surface area contributed by atoms with E-state index in [-0.39, 0.29) is 6.10 Å². The van der Waals surface area contributed by atoms with E-state index >= 15 is 0 Å². The molecule has 0 radical (unpaired) electrons. The van der Waals surface area contributed by atoms with Gasteiger partial charge in [0.2, 0.25) is 0 Å². The molecule has 1 aromatic heterocycles. The van der Waals surface area contributed by atoms with Crippen LogP contribution in [0.15, 0.2) is 24.4 Å². The van der Waals surface area contributed by atoms with E-state index in [1.165, 1.54) is 6.42 Å². The summed E-state index contributed by atoms with van der Waals surface area (Å²) in [4.78, 5) is 6.93. The van der Waals surface area contributed by atoms with Gasteiger partial charge in [0.15, 0.2) is 0 Å². The standard InChI is InChI=1S/C19H28N2O3/c1-2-9-20-19(3-1)21-10-6-18-17(21)5-4-16(24-18)14-23-13-15-7-11-22-12-8-15/h1-3,9,15-18H,4-8,10-14H2/t16-,17-,18-/m0/s1. The van der Waals surface area contributed by atoms with Gasteiger partial charge in [0.1, 0.15) is 5.82 Å². The average molecular weight is 332 g/mol.